The topological polar surface area (TPSA) is 57.6 Å². The van der Waals surface area contributed by atoms with Crippen LogP contribution in [0.1, 0.15) is 19.4 Å². The number of sulfonamides is 1. The maximum Gasteiger partial charge on any atom is 0.245 e. The van der Waals surface area contributed by atoms with E-state index in [1.165, 1.54) is 19.2 Å². The first-order valence-electron chi connectivity index (χ1n) is 5.75. The SMILES string of the molecule is CC(C)CN(C)S(=O)(=O)c1cc(Br)cc(CO)c1F. The third-order valence-corrected chi connectivity index (χ3v) is 4.84. The molecule has 0 aliphatic heterocycles. The number of nitrogens with zero attached hydrogens (tertiary/aromatic N) is 1. The van der Waals surface area contributed by atoms with Crippen LogP contribution in [0.2, 0.25) is 0 Å². The Labute approximate surface area is 121 Å². The predicted molar refractivity (Wildman–Crippen MR) is 74.7 cm³/mol. The molecular formula is C12H17BrFNO3S. The summed E-state index contributed by atoms with van der Waals surface area (Å²) in [4.78, 5) is -0.422. The highest BCUT2D eigenvalue weighted by Crippen LogP contribution is 2.26. The lowest BCUT2D eigenvalue weighted by Gasteiger charge is -2.20. The Bertz CT molecular complexity index is 560. The van der Waals surface area contributed by atoms with E-state index in [4.69, 9.17) is 5.11 Å². The summed E-state index contributed by atoms with van der Waals surface area (Å²) in [5.74, 6) is -0.770. The van der Waals surface area contributed by atoms with Gasteiger partial charge in [0.25, 0.3) is 0 Å². The summed E-state index contributed by atoms with van der Waals surface area (Å²) in [5, 5.41) is 9.05. The van der Waals surface area contributed by atoms with Crippen molar-refractivity contribution in [1.82, 2.24) is 4.31 Å². The minimum absolute atomic E-state index is 0.0501. The van der Waals surface area contributed by atoms with E-state index < -0.39 is 27.3 Å². The Morgan fingerprint density at radius 2 is 2.00 bits per heavy atom. The van der Waals surface area contributed by atoms with Gasteiger partial charge in [0.2, 0.25) is 10.0 Å². The first-order chi connectivity index (χ1) is 8.70. The van der Waals surface area contributed by atoms with E-state index in [0.29, 0.717) is 11.0 Å². The number of hydrogen-bond acceptors (Lipinski definition) is 3. The summed E-state index contributed by atoms with van der Waals surface area (Å²) in [7, 11) is -2.49. The third-order valence-electron chi connectivity index (χ3n) is 2.56. The minimum Gasteiger partial charge on any atom is -0.392 e. The van der Waals surface area contributed by atoms with Gasteiger partial charge in [0.1, 0.15) is 10.7 Å². The quantitative estimate of drug-likeness (QED) is 0.883. The van der Waals surface area contributed by atoms with E-state index in [1.54, 1.807) is 0 Å². The molecule has 0 atom stereocenters. The fourth-order valence-corrected chi connectivity index (χ4v) is 3.82. The second-order valence-corrected chi connectivity index (χ2v) is 7.64. The molecule has 1 aromatic rings. The van der Waals surface area contributed by atoms with Gasteiger partial charge in [0.15, 0.2) is 0 Å². The Balaban J connectivity index is 3.32. The van der Waals surface area contributed by atoms with Crippen molar-refractivity contribution in [2.24, 2.45) is 5.92 Å². The molecule has 0 aromatic heterocycles. The van der Waals surface area contributed by atoms with Gasteiger partial charge in [-0.3, -0.25) is 0 Å². The van der Waals surface area contributed by atoms with Crippen molar-refractivity contribution in [3.05, 3.63) is 28.0 Å². The molecule has 19 heavy (non-hydrogen) atoms. The molecule has 0 saturated heterocycles. The van der Waals surface area contributed by atoms with Crippen molar-refractivity contribution in [3.63, 3.8) is 0 Å². The van der Waals surface area contributed by atoms with Crippen molar-refractivity contribution in [2.45, 2.75) is 25.3 Å². The molecule has 1 rings (SSSR count). The van der Waals surface area contributed by atoms with E-state index >= 15 is 0 Å². The highest BCUT2D eigenvalue weighted by Gasteiger charge is 2.26. The molecule has 0 fully saturated rings. The number of benzene rings is 1. The number of halogens is 2. The normalized spacial score (nSPS) is 12.4. The number of rotatable bonds is 5. The van der Waals surface area contributed by atoms with E-state index in [-0.39, 0.29) is 11.5 Å². The van der Waals surface area contributed by atoms with Crippen LogP contribution < -0.4 is 0 Å². The van der Waals surface area contributed by atoms with Crippen LogP contribution in [0, 0.1) is 11.7 Å². The summed E-state index contributed by atoms with van der Waals surface area (Å²) in [6, 6.07) is 2.57. The van der Waals surface area contributed by atoms with Crippen LogP contribution in [0.5, 0.6) is 0 Å². The van der Waals surface area contributed by atoms with Gasteiger partial charge in [-0.05, 0) is 18.1 Å². The van der Waals surface area contributed by atoms with Crippen LogP contribution in [-0.4, -0.2) is 31.4 Å². The van der Waals surface area contributed by atoms with Gasteiger partial charge in [0, 0.05) is 23.6 Å². The van der Waals surface area contributed by atoms with Crippen LogP contribution in [0.4, 0.5) is 4.39 Å². The molecule has 4 nitrogen and oxygen atoms in total. The van der Waals surface area contributed by atoms with E-state index in [1.807, 2.05) is 13.8 Å². The molecule has 0 radical (unpaired) electrons. The molecule has 0 aliphatic carbocycles. The zero-order valence-corrected chi connectivity index (χ0v) is 13.4. The van der Waals surface area contributed by atoms with Crippen LogP contribution in [0.3, 0.4) is 0 Å². The molecule has 0 unspecified atom stereocenters. The summed E-state index contributed by atoms with van der Waals surface area (Å²) < 4.78 is 40.2. The van der Waals surface area contributed by atoms with Gasteiger partial charge < -0.3 is 5.11 Å². The molecule has 0 aliphatic rings. The Morgan fingerprint density at radius 3 is 2.47 bits per heavy atom. The molecule has 1 N–H and O–H groups in total. The molecule has 1 aromatic carbocycles. The molecule has 0 saturated carbocycles. The smallest absolute Gasteiger partial charge is 0.245 e. The van der Waals surface area contributed by atoms with Gasteiger partial charge in [-0.1, -0.05) is 29.8 Å². The summed E-state index contributed by atoms with van der Waals surface area (Å²) in [6.45, 7) is 3.50. The lowest BCUT2D eigenvalue weighted by atomic mass is 10.2. The van der Waals surface area contributed by atoms with E-state index in [2.05, 4.69) is 15.9 Å². The minimum atomic E-state index is -3.90. The van der Waals surface area contributed by atoms with Crippen molar-refractivity contribution < 1.29 is 17.9 Å². The zero-order chi connectivity index (χ0) is 14.8. The van der Waals surface area contributed by atoms with Crippen molar-refractivity contribution >= 4 is 26.0 Å². The average molecular weight is 354 g/mol. The Kier molecular flexibility index (Phi) is 5.49. The van der Waals surface area contributed by atoms with Gasteiger partial charge in [-0.2, -0.15) is 0 Å². The lowest BCUT2D eigenvalue weighted by molar-refractivity contribution is 0.274. The van der Waals surface area contributed by atoms with Crippen LogP contribution in [-0.2, 0) is 16.6 Å². The number of aliphatic hydroxyl groups excluding tert-OH is 1. The van der Waals surface area contributed by atoms with Gasteiger partial charge in [-0.25, -0.2) is 17.1 Å². The van der Waals surface area contributed by atoms with Gasteiger partial charge in [-0.15, -0.1) is 0 Å². The van der Waals surface area contributed by atoms with Crippen molar-refractivity contribution in [3.8, 4) is 0 Å². The van der Waals surface area contributed by atoms with Crippen molar-refractivity contribution in [2.75, 3.05) is 13.6 Å². The maximum absolute atomic E-state index is 14.1. The first-order valence-corrected chi connectivity index (χ1v) is 7.98. The molecule has 108 valence electrons. The molecule has 0 heterocycles. The van der Waals surface area contributed by atoms with Crippen LogP contribution >= 0.6 is 15.9 Å². The predicted octanol–water partition coefficient (Wildman–Crippen LogP) is 2.36. The third kappa shape index (κ3) is 3.75. The van der Waals surface area contributed by atoms with Gasteiger partial charge in [0.05, 0.1) is 6.61 Å². The second kappa shape index (κ2) is 6.30. The Morgan fingerprint density at radius 1 is 1.42 bits per heavy atom. The second-order valence-electron chi connectivity index (χ2n) is 4.71. The monoisotopic (exact) mass is 353 g/mol. The van der Waals surface area contributed by atoms with Crippen LogP contribution in [0.25, 0.3) is 0 Å². The van der Waals surface area contributed by atoms with Gasteiger partial charge >= 0.3 is 0 Å². The first kappa shape index (κ1) is 16.6. The Hall–Kier alpha value is -0.500. The number of hydrogen-bond donors (Lipinski definition) is 1. The molecule has 7 heteroatoms. The van der Waals surface area contributed by atoms with Crippen molar-refractivity contribution in [1.29, 1.82) is 0 Å². The molecule has 0 spiro atoms. The average Bonchev–Trinajstić information content (AvgIpc) is 2.30. The highest BCUT2D eigenvalue weighted by molar-refractivity contribution is 9.10. The molecule has 0 amide bonds. The van der Waals surface area contributed by atoms with E-state index in [0.717, 1.165) is 4.31 Å². The lowest BCUT2D eigenvalue weighted by Crippen LogP contribution is -2.31. The van der Waals surface area contributed by atoms with Crippen LogP contribution in [0.15, 0.2) is 21.5 Å². The molecular weight excluding hydrogens is 337 g/mol. The summed E-state index contributed by atoms with van der Waals surface area (Å²) >= 11 is 3.12. The summed E-state index contributed by atoms with van der Waals surface area (Å²) in [6.07, 6.45) is 0. The van der Waals surface area contributed by atoms with E-state index in [9.17, 15) is 12.8 Å². The summed E-state index contributed by atoms with van der Waals surface area (Å²) in [5.41, 5.74) is -0.0501. The zero-order valence-electron chi connectivity index (χ0n) is 11.0. The standard InChI is InChI=1S/C12H17BrFNO3S/c1-8(2)6-15(3)19(17,18)11-5-10(13)4-9(7-16)12(11)14/h4-5,8,16H,6-7H2,1-3H3. The maximum atomic E-state index is 14.1. The fourth-order valence-electron chi connectivity index (χ4n) is 1.70. The fraction of sp³-hybridized carbons (Fsp3) is 0.500. The largest absolute Gasteiger partial charge is 0.392 e. The number of aliphatic hydroxyl groups is 1. The highest BCUT2D eigenvalue weighted by atomic mass is 79.9. The molecule has 0 bridgehead atoms.